The van der Waals surface area contributed by atoms with Gasteiger partial charge in [0.15, 0.2) is 0 Å². The van der Waals surface area contributed by atoms with Gasteiger partial charge in [0, 0.05) is 12.1 Å². The lowest BCUT2D eigenvalue weighted by Gasteiger charge is -2.26. The van der Waals surface area contributed by atoms with E-state index in [1.165, 1.54) is 33.1 Å². The van der Waals surface area contributed by atoms with Crippen LogP contribution in [0, 0.1) is 11.3 Å². The Balaban J connectivity index is 2.18. The number of alkyl halides is 3. The van der Waals surface area contributed by atoms with Crippen molar-refractivity contribution in [1.82, 2.24) is 10.6 Å². The number of halogens is 3. The summed E-state index contributed by atoms with van der Waals surface area (Å²) in [6.45, 7) is 2.85. The van der Waals surface area contributed by atoms with Gasteiger partial charge >= 0.3 is 6.18 Å². The first-order chi connectivity index (χ1) is 16.4. The van der Waals surface area contributed by atoms with Crippen LogP contribution in [0.3, 0.4) is 0 Å². The summed E-state index contributed by atoms with van der Waals surface area (Å²) in [6, 6.07) is 10.9. The van der Waals surface area contributed by atoms with Crippen molar-refractivity contribution in [3.8, 4) is 5.75 Å². The lowest BCUT2D eigenvalue weighted by molar-refractivity contribution is -0.163. The monoisotopic (exact) mass is 491 g/mol. The summed E-state index contributed by atoms with van der Waals surface area (Å²) in [6.07, 6.45) is -4.63. The summed E-state index contributed by atoms with van der Waals surface area (Å²) in [5.41, 5.74) is 11.3. The highest BCUT2D eigenvalue weighted by atomic mass is 19.4. The zero-order valence-corrected chi connectivity index (χ0v) is 19.5. The molecule has 0 fully saturated rings. The van der Waals surface area contributed by atoms with E-state index in [4.69, 9.17) is 21.6 Å². The molecule has 2 amide bonds. The van der Waals surface area contributed by atoms with Crippen LogP contribution in [0.15, 0.2) is 59.9 Å². The maximum Gasteiger partial charge on any atom is 0.408 e. The summed E-state index contributed by atoms with van der Waals surface area (Å²) in [4.78, 5) is 24.4. The van der Waals surface area contributed by atoms with Crippen molar-refractivity contribution in [3.05, 3.63) is 76.6 Å². The molecule has 0 spiro atoms. The van der Waals surface area contributed by atoms with Gasteiger partial charge in [-0.2, -0.15) is 13.2 Å². The fourth-order valence-electron chi connectivity index (χ4n) is 3.30. The third-order valence-corrected chi connectivity index (χ3v) is 5.14. The SMILES string of the molecule is COc1ccccc1C(=O)NCc1ccc(C(=N)/C(C(N)=O)=C(/N)NC(C(C)C)C(F)(F)F)cc1. The standard InChI is InChI=1S/C24H28F3N5O3/c1-13(2)20(24(25,26)27)32-21(29)18(22(30)33)19(28)15-10-8-14(9-11-15)12-31-23(34)16-6-4-5-7-17(16)35-3/h4-11,13,20,28,32H,12,29H2,1-3H3,(H2,30,33)(H,31,34)/b21-18+,28-19?. The molecule has 0 aromatic heterocycles. The molecule has 1 atom stereocenters. The number of rotatable bonds is 10. The van der Waals surface area contributed by atoms with E-state index < -0.39 is 41.1 Å². The second kappa shape index (κ2) is 11.4. The molecule has 0 bridgehead atoms. The van der Waals surface area contributed by atoms with Gasteiger partial charge < -0.3 is 26.8 Å². The highest BCUT2D eigenvalue weighted by molar-refractivity contribution is 6.26. The predicted octanol–water partition coefficient (Wildman–Crippen LogP) is 2.83. The van der Waals surface area contributed by atoms with E-state index in [9.17, 15) is 22.8 Å². The van der Waals surface area contributed by atoms with E-state index in [0.717, 1.165) is 0 Å². The molecule has 2 rings (SSSR count). The number of nitrogens with one attached hydrogen (secondary N) is 3. The minimum Gasteiger partial charge on any atom is -0.496 e. The minimum atomic E-state index is -4.63. The number of amides is 2. The molecular formula is C24H28F3N5O3. The van der Waals surface area contributed by atoms with Crippen LogP contribution >= 0.6 is 0 Å². The van der Waals surface area contributed by atoms with E-state index in [-0.39, 0.29) is 18.0 Å². The summed E-state index contributed by atoms with van der Waals surface area (Å²) in [5, 5.41) is 13.2. The first-order valence-electron chi connectivity index (χ1n) is 10.6. The van der Waals surface area contributed by atoms with Crippen LogP contribution in [0.1, 0.15) is 35.3 Å². The first kappa shape index (κ1) is 27.2. The molecule has 0 saturated carbocycles. The van der Waals surface area contributed by atoms with Crippen molar-refractivity contribution in [2.75, 3.05) is 7.11 Å². The van der Waals surface area contributed by atoms with Gasteiger partial charge in [-0.05, 0) is 23.6 Å². The van der Waals surface area contributed by atoms with Crippen LogP contribution in [0.5, 0.6) is 5.75 Å². The van der Waals surface area contributed by atoms with Crippen LogP contribution < -0.4 is 26.8 Å². The largest absolute Gasteiger partial charge is 0.496 e. The van der Waals surface area contributed by atoms with Crippen LogP contribution in [0.2, 0.25) is 0 Å². The van der Waals surface area contributed by atoms with E-state index in [2.05, 4.69) is 10.6 Å². The molecule has 0 aliphatic rings. The van der Waals surface area contributed by atoms with Crippen LogP contribution in [-0.4, -0.2) is 36.9 Å². The fourth-order valence-corrected chi connectivity index (χ4v) is 3.30. The molecule has 0 aliphatic heterocycles. The highest BCUT2D eigenvalue weighted by Crippen LogP contribution is 2.26. The normalized spacial score (nSPS) is 13.0. The van der Waals surface area contributed by atoms with Gasteiger partial charge in [-0.3, -0.25) is 15.0 Å². The quantitative estimate of drug-likeness (QED) is 0.257. The molecule has 35 heavy (non-hydrogen) atoms. The number of ether oxygens (including phenoxy) is 1. The Morgan fingerprint density at radius 3 is 2.17 bits per heavy atom. The molecule has 0 aliphatic carbocycles. The molecule has 7 N–H and O–H groups in total. The molecule has 0 radical (unpaired) electrons. The zero-order chi connectivity index (χ0) is 26.3. The molecule has 2 aromatic rings. The molecule has 1 unspecified atom stereocenters. The van der Waals surface area contributed by atoms with Gasteiger partial charge in [0.05, 0.1) is 18.4 Å². The van der Waals surface area contributed by atoms with Crippen molar-refractivity contribution in [3.63, 3.8) is 0 Å². The van der Waals surface area contributed by atoms with Crippen molar-refractivity contribution in [1.29, 1.82) is 5.41 Å². The van der Waals surface area contributed by atoms with Gasteiger partial charge in [0.2, 0.25) is 0 Å². The Kier molecular flexibility index (Phi) is 8.87. The number of nitrogens with two attached hydrogens (primary N) is 2. The number of primary amides is 1. The molecular weight excluding hydrogens is 463 g/mol. The molecule has 2 aromatic carbocycles. The zero-order valence-electron chi connectivity index (χ0n) is 19.5. The van der Waals surface area contributed by atoms with Gasteiger partial charge in [-0.1, -0.05) is 50.2 Å². The van der Waals surface area contributed by atoms with Crippen molar-refractivity contribution >= 4 is 17.5 Å². The molecule has 0 saturated heterocycles. The molecule has 8 nitrogen and oxygen atoms in total. The van der Waals surface area contributed by atoms with Gasteiger partial charge in [0.25, 0.3) is 11.8 Å². The number of carbonyl (C=O) groups excluding carboxylic acids is 2. The van der Waals surface area contributed by atoms with E-state index in [1.807, 2.05) is 0 Å². The third-order valence-electron chi connectivity index (χ3n) is 5.14. The summed E-state index contributed by atoms with van der Waals surface area (Å²) < 4.78 is 45.1. The number of benzene rings is 2. The minimum absolute atomic E-state index is 0.161. The average molecular weight is 492 g/mol. The lowest BCUT2D eigenvalue weighted by Crippen LogP contribution is -2.48. The van der Waals surface area contributed by atoms with Crippen LogP contribution in [-0.2, 0) is 11.3 Å². The van der Waals surface area contributed by atoms with Crippen molar-refractivity contribution < 1.29 is 27.5 Å². The summed E-state index contributed by atoms with van der Waals surface area (Å²) in [7, 11) is 1.46. The Morgan fingerprint density at radius 1 is 1.06 bits per heavy atom. The Hall–Kier alpha value is -4.02. The van der Waals surface area contributed by atoms with Gasteiger partial charge in [-0.15, -0.1) is 0 Å². The van der Waals surface area contributed by atoms with Crippen molar-refractivity contribution in [2.45, 2.75) is 32.6 Å². The van der Waals surface area contributed by atoms with E-state index in [0.29, 0.717) is 16.9 Å². The Bertz CT molecular complexity index is 1110. The number of carbonyl (C=O) groups is 2. The molecule has 11 heteroatoms. The van der Waals surface area contributed by atoms with Crippen LogP contribution in [0.4, 0.5) is 13.2 Å². The molecule has 0 heterocycles. The topological polar surface area (TPSA) is 143 Å². The summed E-state index contributed by atoms with van der Waals surface area (Å²) >= 11 is 0. The summed E-state index contributed by atoms with van der Waals surface area (Å²) in [5.74, 6) is -2.58. The van der Waals surface area contributed by atoms with Gasteiger partial charge in [0.1, 0.15) is 23.2 Å². The smallest absolute Gasteiger partial charge is 0.408 e. The van der Waals surface area contributed by atoms with Crippen LogP contribution in [0.25, 0.3) is 0 Å². The second-order valence-corrected chi connectivity index (χ2v) is 8.02. The number of hydrogen-bond donors (Lipinski definition) is 5. The third kappa shape index (κ3) is 6.98. The van der Waals surface area contributed by atoms with E-state index >= 15 is 0 Å². The average Bonchev–Trinajstić information content (AvgIpc) is 2.80. The lowest BCUT2D eigenvalue weighted by atomic mass is 9.99. The Morgan fingerprint density at radius 2 is 1.66 bits per heavy atom. The molecule has 188 valence electrons. The fraction of sp³-hybridized carbons (Fsp3) is 0.292. The number of methoxy groups -OCH3 is 1. The maximum atomic E-state index is 13.3. The second-order valence-electron chi connectivity index (χ2n) is 8.02. The van der Waals surface area contributed by atoms with E-state index in [1.54, 1.807) is 36.4 Å². The highest BCUT2D eigenvalue weighted by Gasteiger charge is 2.42. The number of para-hydroxylation sites is 1. The first-order valence-corrected chi connectivity index (χ1v) is 10.6. The Labute approximate surface area is 201 Å². The van der Waals surface area contributed by atoms with Gasteiger partial charge in [-0.25, -0.2) is 0 Å². The van der Waals surface area contributed by atoms with Crippen molar-refractivity contribution in [2.24, 2.45) is 17.4 Å². The predicted molar refractivity (Wildman–Crippen MR) is 126 cm³/mol. The maximum absolute atomic E-state index is 13.3. The number of hydrogen-bond acceptors (Lipinski definition) is 6.